The Hall–Kier alpha value is -0.530. The summed E-state index contributed by atoms with van der Waals surface area (Å²) in [6.45, 7) is 3.33. The predicted molar refractivity (Wildman–Crippen MR) is 58.4 cm³/mol. The Labute approximate surface area is 86.0 Å². The van der Waals surface area contributed by atoms with Gasteiger partial charge in [0, 0.05) is 6.04 Å². The van der Waals surface area contributed by atoms with Crippen LogP contribution in [0.15, 0.2) is 24.3 Å². The van der Waals surface area contributed by atoms with Gasteiger partial charge < -0.3 is 5.32 Å². The molecule has 0 aliphatic carbocycles. The summed E-state index contributed by atoms with van der Waals surface area (Å²) in [5.74, 6) is 0. The second-order valence-electron chi connectivity index (χ2n) is 3.56. The molecule has 0 unspecified atom stereocenters. The van der Waals surface area contributed by atoms with Crippen LogP contribution in [0.5, 0.6) is 0 Å². The van der Waals surface area contributed by atoms with E-state index in [2.05, 4.69) is 36.5 Å². The lowest BCUT2D eigenvalue weighted by atomic mass is 10.0. The highest BCUT2D eigenvalue weighted by atomic mass is 35.5. The quantitative estimate of drug-likeness (QED) is 0.730. The van der Waals surface area contributed by atoms with Crippen molar-refractivity contribution in [2.45, 2.75) is 25.8 Å². The summed E-state index contributed by atoms with van der Waals surface area (Å²) >= 11 is 0. The Bertz CT molecular complexity index is 267. The molecule has 1 aromatic carbocycles. The molecule has 1 fully saturated rings. The molecule has 1 aliphatic heterocycles. The molecule has 0 saturated carbocycles. The van der Waals surface area contributed by atoms with Crippen molar-refractivity contribution in [3.8, 4) is 0 Å². The molecular formula is C11H16ClN. The first-order valence-corrected chi connectivity index (χ1v) is 4.66. The van der Waals surface area contributed by atoms with Crippen LogP contribution in [0.2, 0.25) is 0 Å². The van der Waals surface area contributed by atoms with Gasteiger partial charge in [0.05, 0.1) is 0 Å². The first-order valence-electron chi connectivity index (χ1n) is 4.66. The number of rotatable bonds is 1. The van der Waals surface area contributed by atoms with Gasteiger partial charge in [0.15, 0.2) is 0 Å². The van der Waals surface area contributed by atoms with E-state index in [9.17, 15) is 0 Å². The topological polar surface area (TPSA) is 12.0 Å². The minimum Gasteiger partial charge on any atom is -0.310 e. The van der Waals surface area contributed by atoms with E-state index in [0.29, 0.717) is 6.04 Å². The lowest BCUT2D eigenvalue weighted by molar-refractivity contribution is 0.647. The zero-order valence-corrected chi connectivity index (χ0v) is 8.73. The summed E-state index contributed by atoms with van der Waals surface area (Å²) in [5, 5.41) is 3.50. The fraction of sp³-hybridized carbons (Fsp3) is 0.455. The van der Waals surface area contributed by atoms with E-state index in [4.69, 9.17) is 0 Å². The first-order chi connectivity index (χ1) is 5.86. The molecule has 1 aromatic rings. The largest absolute Gasteiger partial charge is 0.310 e. The Morgan fingerprint density at radius 1 is 1.38 bits per heavy atom. The van der Waals surface area contributed by atoms with E-state index < -0.39 is 0 Å². The minimum atomic E-state index is 0. The van der Waals surface area contributed by atoms with Crippen LogP contribution in [0.4, 0.5) is 0 Å². The molecule has 0 radical (unpaired) electrons. The van der Waals surface area contributed by atoms with Crippen LogP contribution in [-0.2, 0) is 0 Å². The highest BCUT2D eigenvalue weighted by Gasteiger charge is 2.15. The second-order valence-corrected chi connectivity index (χ2v) is 3.56. The van der Waals surface area contributed by atoms with Gasteiger partial charge in [-0.05, 0) is 31.9 Å². The van der Waals surface area contributed by atoms with Crippen molar-refractivity contribution < 1.29 is 0 Å². The summed E-state index contributed by atoms with van der Waals surface area (Å²) in [5.41, 5.74) is 2.81. The second kappa shape index (κ2) is 4.64. The van der Waals surface area contributed by atoms with Gasteiger partial charge in [-0.2, -0.15) is 0 Å². The number of benzene rings is 1. The average Bonchev–Trinajstić information content (AvgIpc) is 2.56. The number of halogens is 1. The third kappa shape index (κ3) is 2.45. The lowest BCUT2D eigenvalue weighted by Gasteiger charge is -2.10. The molecule has 0 bridgehead atoms. The summed E-state index contributed by atoms with van der Waals surface area (Å²) in [7, 11) is 0. The fourth-order valence-corrected chi connectivity index (χ4v) is 1.86. The van der Waals surface area contributed by atoms with Crippen LogP contribution in [0.1, 0.15) is 30.0 Å². The summed E-state index contributed by atoms with van der Waals surface area (Å²) in [6, 6.07) is 9.41. The van der Waals surface area contributed by atoms with Crippen molar-refractivity contribution in [1.82, 2.24) is 5.32 Å². The van der Waals surface area contributed by atoms with E-state index in [1.54, 1.807) is 0 Å². The van der Waals surface area contributed by atoms with Crippen molar-refractivity contribution in [3.63, 3.8) is 0 Å². The molecular weight excluding hydrogens is 182 g/mol. The Morgan fingerprint density at radius 2 is 2.23 bits per heavy atom. The van der Waals surface area contributed by atoms with Crippen LogP contribution >= 0.6 is 12.4 Å². The molecule has 0 spiro atoms. The molecule has 2 heteroatoms. The van der Waals surface area contributed by atoms with Crippen LogP contribution in [0.3, 0.4) is 0 Å². The Kier molecular flexibility index (Phi) is 3.76. The van der Waals surface area contributed by atoms with Gasteiger partial charge in [0.2, 0.25) is 0 Å². The summed E-state index contributed by atoms with van der Waals surface area (Å²) in [6.07, 6.45) is 2.61. The fourth-order valence-electron chi connectivity index (χ4n) is 1.86. The highest BCUT2D eigenvalue weighted by Crippen LogP contribution is 2.23. The first kappa shape index (κ1) is 10.6. The number of hydrogen-bond acceptors (Lipinski definition) is 1. The van der Waals surface area contributed by atoms with Crippen molar-refractivity contribution in [2.24, 2.45) is 0 Å². The van der Waals surface area contributed by atoms with Gasteiger partial charge in [-0.15, -0.1) is 12.4 Å². The van der Waals surface area contributed by atoms with E-state index in [0.717, 1.165) is 0 Å². The standard InChI is InChI=1S/C11H15N.ClH/c1-9-4-2-5-10(8-9)11-6-3-7-12-11;/h2,4-5,8,11-12H,3,6-7H2,1H3;1H/t11-;/m0./s1. The maximum Gasteiger partial charge on any atom is 0.0320 e. The van der Waals surface area contributed by atoms with E-state index >= 15 is 0 Å². The van der Waals surface area contributed by atoms with E-state index in [1.165, 1.54) is 30.5 Å². The van der Waals surface area contributed by atoms with E-state index in [-0.39, 0.29) is 12.4 Å². The van der Waals surface area contributed by atoms with Crippen LogP contribution in [0.25, 0.3) is 0 Å². The third-order valence-corrected chi connectivity index (χ3v) is 2.50. The highest BCUT2D eigenvalue weighted by molar-refractivity contribution is 5.85. The van der Waals surface area contributed by atoms with Gasteiger partial charge in [0.25, 0.3) is 0 Å². The number of hydrogen-bond donors (Lipinski definition) is 1. The maximum absolute atomic E-state index is 3.50. The molecule has 1 atom stereocenters. The minimum absolute atomic E-state index is 0. The van der Waals surface area contributed by atoms with E-state index in [1.807, 2.05) is 0 Å². The number of nitrogens with one attached hydrogen (secondary N) is 1. The van der Waals surface area contributed by atoms with Gasteiger partial charge in [-0.25, -0.2) is 0 Å². The zero-order valence-electron chi connectivity index (χ0n) is 7.92. The van der Waals surface area contributed by atoms with Gasteiger partial charge in [0.1, 0.15) is 0 Å². The SMILES string of the molecule is Cc1cccc([C@@H]2CCCN2)c1.Cl. The van der Waals surface area contributed by atoms with Crippen LogP contribution in [0, 0.1) is 6.92 Å². The molecule has 0 aromatic heterocycles. The molecule has 1 heterocycles. The van der Waals surface area contributed by atoms with Crippen molar-refractivity contribution in [3.05, 3.63) is 35.4 Å². The van der Waals surface area contributed by atoms with Gasteiger partial charge >= 0.3 is 0 Å². The molecule has 1 aliphatic rings. The molecule has 1 N–H and O–H groups in total. The molecule has 0 amide bonds. The average molecular weight is 198 g/mol. The maximum atomic E-state index is 3.50. The smallest absolute Gasteiger partial charge is 0.0320 e. The molecule has 2 rings (SSSR count). The van der Waals surface area contributed by atoms with Gasteiger partial charge in [-0.3, -0.25) is 0 Å². The van der Waals surface area contributed by atoms with Crippen LogP contribution in [-0.4, -0.2) is 6.54 Å². The van der Waals surface area contributed by atoms with Gasteiger partial charge in [-0.1, -0.05) is 29.8 Å². The third-order valence-electron chi connectivity index (χ3n) is 2.50. The van der Waals surface area contributed by atoms with Crippen molar-refractivity contribution >= 4 is 12.4 Å². The summed E-state index contributed by atoms with van der Waals surface area (Å²) in [4.78, 5) is 0. The lowest BCUT2D eigenvalue weighted by Crippen LogP contribution is -2.12. The summed E-state index contributed by atoms with van der Waals surface area (Å²) < 4.78 is 0. The molecule has 1 nitrogen and oxygen atoms in total. The molecule has 72 valence electrons. The monoisotopic (exact) mass is 197 g/mol. The Balaban J connectivity index is 0.000000845. The van der Waals surface area contributed by atoms with Crippen molar-refractivity contribution in [1.29, 1.82) is 0 Å². The predicted octanol–water partition coefficient (Wildman–Crippen LogP) is 2.84. The van der Waals surface area contributed by atoms with Crippen LogP contribution < -0.4 is 5.32 Å². The number of aryl methyl sites for hydroxylation is 1. The molecule has 13 heavy (non-hydrogen) atoms. The molecule has 1 saturated heterocycles. The Morgan fingerprint density at radius 3 is 2.85 bits per heavy atom. The zero-order chi connectivity index (χ0) is 8.39. The normalized spacial score (nSPS) is 21.2. The van der Waals surface area contributed by atoms with Crippen molar-refractivity contribution in [2.75, 3.05) is 6.54 Å².